The zero-order chi connectivity index (χ0) is 27.4. The molecule has 0 aliphatic heterocycles. The summed E-state index contributed by atoms with van der Waals surface area (Å²) in [5.74, 6) is 0. The van der Waals surface area contributed by atoms with Crippen LogP contribution in [-0.4, -0.2) is 13.7 Å². The molecule has 0 bridgehead atoms. The number of hydrogen-bond acceptors (Lipinski definition) is 3. The van der Waals surface area contributed by atoms with Gasteiger partial charge in [-0.3, -0.25) is 13.7 Å². The van der Waals surface area contributed by atoms with Crippen LogP contribution < -0.4 is 0 Å². The summed E-state index contributed by atoms with van der Waals surface area (Å²) in [5.41, 5.74) is 8.17. The van der Waals surface area contributed by atoms with Crippen molar-refractivity contribution in [2.24, 2.45) is 0 Å². The van der Waals surface area contributed by atoms with Crippen molar-refractivity contribution in [1.29, 1.82) is 0 Å². The van der Waals surface area contributed by atoms with E-state index < -0.39 is 0 Å². The number of benzene rings is 4. The monoisotopic (exact) mass is 543 g/mol. The van der Waals surface area contributed by atoms with Crippen molar-refractivity contribution in [2.75, 3.05) is 0 Å². The van der Waals surface area contributed by atoms with Crippen LogP contribution in [0.15, 0.2) is 141 Å². The van der Waals surface area contributed by atoms with Crippen molar-refractivity contribution < 1.29 is 13.3 Å². The van der Waals surface area contributed by atoms with E-state index in [2.05, 4.69) is 99.0 Å². The van der Waals surface area contributed by atoms with Gasteiger partial charge in [-0.1, -0.05) is 42.5 Å². The van der Waals surface area contributed by atoms with E-state index in [0.717, 1.165) is 83.3 Å². The Labute approximate surface area is 237 Å². The third-order valence-electron chi connectivity index (χ3n) is 8.41. The van der Waals surface area contributed by atoms with E-state index in [1.807, 2.05) is 42.5 Å². The summed E-state index contributed by atoms with van der Waals surface area (Å²) in [7, 11) is 0. The molecule has 0 atom stereocenters. The van der Waals surface area contributed by atoms with E-state index in [-0.39, 0.29) is 0 Å². The number of aromatic nitrogens is 3. The van der Waals surface area contributed by atoms with Gasteiger partial charge in [-0.15, -0.1) is 0 Å². The molecule has 0 saturated heterocycles. The van der Waals surface area contributed by atoms with Crippen LogP contribution >= 0.6 is 0 Å². The first kappa shape index (κ1) is 21.9. The first-order chi connectivity index (χ1) is 20.8. The van der Waals surface area contributed by atoms with Crippen LogP contribution in [0.2, 0.25) is 0 Å². The van der Waals surface area contributed by atoms with Gasteiger partial charge in [0.1, 0.15) is 16.7 Å². The molecule has 0 fully saturated rings. The number of rotatable bonds is 3. The van der Waals surface area contributed by atoms with Gasteiger partial charge in [0.2, 0.25) is 17.1 Å². The van der Waals surface area contributed by atoms with Crippen LogP contribution in [0.25, 0.3) is 83.3 Å². The molecule has 10 aromatic rings. The molecule has 0 amide bonds. The second-order valence-electron chi connectivity index (χ2n) is 10.7. The summed E-state index contributed by atoms with van der Waals surface area (Å²) in [6.45, 7) is 0. The van der Waals surface area contributed by atoms with Gasteiger partial charge < -0.3 is 13.3 Å². The second-order valence-corrected chi connectivity index (χ2v) is 10.7. The van der Waals surface area contributed by atoms with Gasteiger partial charge in [0.15, 0.2) is 0 Å². The third kappa shape index (κ3) is 2.87. The summed E-state index contributed by atoms with van der Waals surface area (Å²) < 4.78 is 25.2. The number of nitrogens with zero attached hydrogens (tertiary/aromatic N) is 3. The molecule has 198 valence electrons. The topological polar surface area (TPSA) is 54.2 Å². The lowest BCUT2D eigenvalue weighted by molar-refractivity contribution is 0.639. The van der Waals surface area contributed by atoms with E-state index in [1.165, 1.54) is 0 Å². The van der Waals surface area contributed by atoms with Crippen LogP contribution in [0.3, 0.4) is 0 Å². The summed E-state index contributed by atoms with van der Waals surface area (Å²) in [4.78, 5) is 0. The number of furan rings is 3. The molecule has 0 aliphatic carbocycles. The fourth-order valence-electron chi connectivity index (χ4n) is 6.42. The maximum atomic E-state index is 6.43. The molecule has 0 radical (unpaired) electrons. The lowest BCUT2D eigenvalue weighted by Crippen LogP contribution is -1.95. The van der Waals surface area contributed by atoms with Gasteiger partial charge in [-0.2, -0.15) is 0 Å². The molecule has 0 N–H and O–H groups in total. The summed E-state index contributed by atoms with van der Waals surface area (Å²) >= 11 is 0. The fourth-order valence-corrected chi connectivity index (χ4v) is 6.42. The molecule has 6 nitrogen and oxygen atoms in total. The molecule has 42 heavy (non-hydrogen) atoms. The first-order valence-electron chi connectivity index (χ1n) is 13.9. The molecule has 6 heteroatoms. The molecule has 0 spiro atoms. The van der Waals surface area contributed by atoms with Crippen LogP contribution in [0.1, 0.15) is 0 Å². The molecule has 0 aliphatic rings. The predicted molar refractivity (Wildman–Crippen MR) is 166 cm³/mol. The predicted octanol–water partition coefficient (Wildman–Crippen LogP) is 9.76. The van der Waals surface area contributed by atoms with Crippen molar-refractivity contribution >= 4 is 66.2 Å². The lowest BCUT2D eigenvalue weighted by Gasteiger charge is -2.08. The molecule has 6 aromatic heterocycles. The minimum Gasteiger partial charge on any atom is -0.439 e. The SMILES string of the molecule is c1cc(-n2ccc3c4ccccc4oc32)cc(-n2ccc3c4cc(-n5ccc6c7ccccc7oc65)ccc4oc32)c1. The van der Waals surface area contributed by atoms with E-state index in [9.17, 15) is 0 Å². The Balaban J connectivity index is 1.09. The van der Waals surface area contributed by atoms with Gasteiger partial charge >= 0.3 is 0 Å². The van der Waals surface area contributed by atoms with E-state index in [0.29, 0.717) is 0 Å². The molecule has 10 rings (SSSR count). The highest BCUT2D eigenvalue weighted by atomic mass is 16.3. The van der Waals surface area contributed by atoms with Crippen LogP contribution in [0.5, 0.6) is 0 Å². The zero-order valence-electron chi connectivity index (χ0n) is 22.2. The quantitative estimate of drug-likeness (QED) is 0.223. The molecule has 6 heterocycles. The van der Waals surface area contributed by atoms with Crippen LogP contribution in [-0.2, 0) is 0 Å². The second kappa shape index (κ2) is 7.86. The summed E-state index contributed by atoms with van der Waals surface area (Å²) in [5, 5.41) is 6.58. The van der Waals surface area contributed by atoms with Crippen molar-refractivity contribution in [2.45, 2.75) is 0 Å². The zero-order valence-corrected chi connectivity index (χ0v) is 22.2. The van der Waals surface area contributed by atoms with Gasteiger partial charge in [0.05, 0.1) is 11.4 Å². The highest BCUT2D eigenvalue weighted by Gasteiger charge is 2.17. The van der Waals surface area contributed by atoms with Gasteiger partial charge in [0, 0.05) is 56.6 Å². The maximum Gasteiger partial charge on any atom is 0.212 e. The van der Waals surface area contributed by atoms with Crippen LogP contribution in [0, 0.1) is 0 Å². The maximum absolute atomic E-state index is 6.43. The average Bonchev–Trinajstić information content (AvgIpc) is 3.85. The Hall–Kier alpha value is -5.88. The fraction of sp³-hybridized carbons (Fsp3) is 0. The number of fused-ring (bicyclic) bond motifs is 9. The first-order valence-corrected chi connectivity index (χ1v) is 13.9. The molecule has 0 unspecified atom stereocenters. The van der Waals surface area contributed by atoms with Crippen molar-refractivity contribution in [3.05, 3.63) is 128 Å². The Morgan fingerprint density at radius 2 is 0.786 bits per heavy atom. The Morgan fingerprint density at radius 1 is 0.333 bits per heavy atom. The Morgan fingerprint density at radius 3 is 1.33 bits per heavy atom. The van der Waals surface area contributed by atoms with E-state index in [1.54, 1.807) is 0 Å². The molecular weight excluding hydrogens is 522 g/mol. The van der Waals surface area contributed by atoms with Crippen molar-refractivity contribution in [1.82, 2.24) is 13.7 Å². The highest BCUT2D eigenvalue weighted by Crippen LogP contribution is 2.36. The Bertz CT molecular complexity index is 2650. The van der Waals surface area contributed by atoms with E-state index >= 15 is 0 Å². The van der Waals surface area contributed by atoms with Gasteiger partial charge in [-0.05, 0) is 66.7 Å². The average molecular weight is 544 g/mol. The Kier molecular flexibility index (Phi) is 4.10. The smallest absolute Gasteiger partial charge is 0.212 e. The standard InChI is InChI=1S/C36H21N3O3/c1-3-10-31-25(8-1)27-14-17-37(34(27)40-31)22-6-5-7-23(20-22)38-19-16-29-30-21-24(12-13-33(30)42-36(29)38)39-18-15-28-26-9-2-4-11-32(26)41-35(28)39/h1-21H. The molecule has 4 aromatic carbocycles. The normalized spacial score (nSPS) is 12.3. The van der Waals surface area contributed by atoms with Crippen molar-refractivity contribution in [3.8, 4) is 17.1 Å². The summed E-state index contributed by atoms with van der Waals surface area (Å²) in [6, 6.07) is 37.4. The van der Waals surface area contributed by atoms with Crippen LogP contribution in [0.4, 0.5) is 0 Å². The molecule has 0 saturated carbocycles. The van der Waals surface area contributed by atoms with E-state index in [4.69, 9.17) is 13.3 Å². The lowest BCUT2D eigenvalue weighted by atomic mass is 10.2. The minimum atomic E-state index is 0.807. The van der Waals surface area contributed by atoms with Crippen molar-refractivity contribution in [3.63, 3.8) is 0 Å². The van der Waals surface area contributed by atoms with Gasteiger partial charge in [0.25, 0.3) is 0 Å². The number of para-hydroxylation sites is 2. The van der Waals surface area contributed by atoms with Gasteiger partial charge in [-0.25, -0.2) is 0 Å². The number of hydrogen-bond donors (Lipinski definition) is 0. The summed E-state index contributed by atoms with van der Waals surface area (Å²) in [6.07, 6.45) is 6.20. The minimum absolute atomic E-state index is 0.807. The third-order valence-corrected chi connectivity index (χ3v) is 8.41. The molecular formula is C36H21N3O3. The highest BCUT2D eigenvalue weighted by molar-refractivity contribution is 6.07. The largest absolute Gasteiger partial charge is 0.439 e.